The summed E-state index contributed by atoms with van der Waals surface area (Å²) in [5.74, 6) is -0.138. The summed E-state index contributed by atoms with van der Waals surface area (Å²) in [5.41, 5.74) is 7.75. The number of nitrogens with two attached hydrogens (primary N) is 1. The summed E-state index contributed by atoms with van der Waals surface area (Å²) in [6.07, 6.45) is 3.99. The summed E-state index contributed by atoms with van der Waals surface area (Å²) in [4.78, 5) is 4.19. The highest BCUT2D eigenvalue weighted by atomic mass is 35.5. The van der Waals surface area contributed by atoms with Crippen molar-refractivity contribution in [3.8, 4) is 16.9 Å². The van der Waals surface area contributed by atoms with Gasteiger partial charge in [-0.2, -0.15) is 5.10 Å². The fourth-order valence-corrected chi connectivity index (χ4v) is 4.32. The summed E-state index contributed by atoms with van der Waals surface area (Å²) >= 11 is 12.3. The Labute approximate surface area is 188 Å². The third kappa shape index (κ3) is 4.46. The molecule has 0 bridgehead atoms. The number of halogens is 4. The molecule has 0 aliphatic carbocycles. The van der Waals surface area contributed by atoms with Gasteiger partial charge in [0.15, 0.2) is 11.6 Å². The molecule has 31 heavy (non-hydrogen) atoms. The minimum Gasteiger partial charge on any atom is -0.482 e. The molecular weight excluding hydrogens is 447 g/mol. The molecule has 1 aliphatic rings. The Bertz CT molecular complexity index is 1090. The van der Waals surface area contributed by atoms with E-state index in [0.29, 0.717) is 29.8 Å². The van der Waals surface area contributed by atoms with Crippen molar-refractivity contribution in [3.63, 3.8) is 0 Å². The van der Waals surface area contributed by atoms with Gasteiger partial charge in [-0.1, -0.05) is 23.2 Å². The number of anilines is 1. The Hall–Kier alpha value is -2.42. The van der Waals surface area contributed by atoms with Crippen LogP contribution in [0, 0.1) is 5.82 Å². The van der Waals surface area contributed by atoms with Gasteiger partial charge < -0.3 is 15.8 Å². The maximum Gasteiger partial charge on any atom is 0.166 e. The highest BCUT2D eigenvalue weighted by Gasteiger charge is 2.27. The van der Waals surface area contributed by atoms with Gasteiger partial charge in [0.25, 0.3) is 0 Å². The normalized spacial score (nSPS) is 19.9. The molecule has 10 heteroatoms. The van der Waals surface area contributed by atoms with Crippen LogP contribution >= 0.6 is 23.2 Å². The van der Waals surface area contributed by atoms with Crippen molar-refractivity contribution >= 4 is 29.0 Å². The predicted octanol–water partition coefficient (Wildman–Crippen LogP) is 4.99. The first-order valence-corrected chi connectivity index (χ1v) is 10.6. The maximum atomic E-state index is 14.2. The smallest absolute Gasteiger partial charge is 0.166 e. The average Bonchev–Trinajstić information content (AvgIpc) is 3.23. The van der Waals surface area contributed by atoms with E-state index in [0.717, 1.165) is 12.1 Å². The summed E-state index contributed by atoms with van der Waals surface area (Å²) in [6, 6.07) is 4.00. The lowest BCUT2D eigenvalue weighted by Crippen LogP contribution is -2.39. The first kappa shape index (κ1) is 21.8. The summed E-state index contributed by atoms with van der Waals surface area (Å²) in [5, 5.41) is 7.54. The molecule has 0 spiro atoms. The van der Waals surface area contributed by atoms with Gasteiger partial charge >= 0.3 is 0 Å². The first-order valence-electron chi connectivity index (χ1n) is 9.80. The average molecular weight is 468 g/mol. The van der Waals surface area contributed by atoms with Crippen molar-refractivity contribution in [1.29, 1.82) is 0 Å². The number of hydrogen-bond donors (Lipinski definition) is 2. The van der Waals surface area contributed by atoms with Crippen LogP contribution in [0.4, 0.5) is 14.6 Å². The quantitative estimate of drug-likeness (QED) is 0.517. The topological polar surface area (TPSA) is 78.0 Å². The lowest BCUT2D eigenvalue weighted by atomic mass is 10.1. The molecule has 0 saturated carbocycles. The molecule has 164 valence electrons. The summed E-state index contributed by atoms with van der Waals surface area (Å²) in [6.45, 7) is 2.74. The van der Waals surface area contributed by atoms with Crippen molar-refractivity contribution in [3.05, 3.63) is 58.2 Å². The third-order valence-corrected chi connectivity index (χ3v) is 6.03. The Kier molecular flexibility index (Phi) is 6.31. The van der Waals surface area contributed by atoms with E-state index < -0.39 is 18.1 Å². The van der Waals surface area contributed by atoms with Crippen LogP contribution in [-0.4, -0.2) is 34.0 Å². The Morgan fingerprint density at radius 2 is 2.10 bits per heavy atom. The van der Waals surface area contributed by atoms with Gasteiger partial charge in [0.05, 0.1) is 17.3 Å². The van der Waals surface area contributed by atoms with Crippen LogP contribution in [0.15, 0.2) is 36.8 Å². The van der Waals surface area contributed by atoms with Crippen LogP contribution in [-0.2, 0) is 0 Å². The first-order chi connectivity index (χ1) is 14.8. The van der Waals surface area contributed by atoms with Gasteiger partial charge in [-0.25, -0.2) is 13.8 Å². The highest BCUT2D eigenvalue weighted by molar-refractivity contribution is 6.36. The zero-order valence-corrected chi connectivity index (χ0v) is 18.2. The van der Waals surface area contributed by atoms with Crippen LogP contribution in [0.1, 0.15) is 31.1 Å². The predicted molar refractivity (Wildman–Crippen MR) is 117 cm³/mol. The molecule has 0 amide bonds. The summed E-state index contributed by atoms with van der Waals surface area (Å²) in [7, 11) is 0. The zero-order valence-electron chi connectivity index (χ0n) is 16.7. The standard InChI is InChI=1S/C21H21Cl2F2N5O/c1-11(19-14(22)2-3-15(24)20(19)23)31-18-6-12(7-28-21(18)26)13-8-29-30(10-13)17-4-5-27-9-16(17)25/h2-3,6-8,10-11,16-17,27H,4-5,9H2,1H3,(H2,26,28)/t11-,16-,17?/m1/s1. The maximum absolute atomic E-state index is 14.2. The lowest BCUT2D eigenvalue weighted by molar-refractivity contribution is 0.173. The number of piperidine rings is 1. The number of hydrogen-bond acceptors (Lipinski definition) is 5. The van der Waals surface area contributed by atoms with Crippen molar-refractivity contribution in [2.75, 3.05) is 18.8 Å². The van der Waals surface area contributed by atoms with Gasteiger partial charge in [-0.15, -0.1) is 0 Å². The number of rotatable bonds is 5. The van der Waals surface area contributed by atoms with Crippen molar-refractivity contribution in [1.82, 2.24) is 20.1 Å². The third-order valence-electron chi connectivity index (χ3n) is 5.32. The number of nitrogens with zero attached hydrogens (tertiary/aromatic N) is 3. The van der Waals surface area contributed by atoms with Crippen LogP contribution in [0.25, 0.3) is 11.1 Å². The Balaban J connectivity index is 1.59. The minimum atomic E-state index is -1.01. The van der Waals surface area contributed by atoms with Crippen LogP contribution in [0.5, 0.6) is 5.75 Å². The van der Waals surface area contributed by atoms with Crippen molar-refractivity contribution in [2.24, 2.45) is 0 Å². The minimum absolute atomic E-state index is 0.105. The number of nitrogens with one attached hydrogen (secondary N) is 1. The molecule has 3 atom stereocenters. The van der Waals surface area contributed by atoms with Crippen LogP contribution in [0.2, 0.25) is 10.0 Å². The SMILES string of the molecule is C[C@@H](Oc1cc(-c2cnn(C3CCNC[C@H]3F)c2)cnc1N)c1c(Cl)ccc(F)c1Cl. The van der Waals surface area contributed by atoms with E-state index in [1.165, 1.54) is 12.1 Å². The Morgan fingerprint density at radius 3 is 2.87 bits per heavy atom. The monoisotopic (exact) mass is 467 g/mol. The second-order valence-corrected chi connectivity index (χ2v) is 8.19. The number of benzene rings is 1. The van der Waals surface area contributed by atoms with Crippen molar-refractivity contribution < 1.29 is 13.5 Å². The molecule has 1 saturated heterocycles. The lowest BCUT2D eigenvalue weighted by Gasteiger charge is -2.26. The van der Waals surface area contributed by atoms with Crippen LogP contribution in [0.3, 0.4) is 0 Å². The van der Waals surface area contributed by atoms with E-state index in [2.05, 4.69) is 15.4 Å². The van der Waals surface area contributed by atoms with Gasteiger partial charge in [0.1, 0.15) is 18.1 Å². The van der Waals surface area contributed by atoms with Gasteiger partial charge in [0, 0.05) is 40.7 Å². The van der Waals surface area contributed by atoms with Gasteiger partial charge in [-0.05, 0) is 38.1 Å². The summed E-state index contributed by atoms with van der Waals surface area (Å²) < 4.78 is 35.7. The van der Waals surface area contributed by atoms with E-state index in [1.807, 2.05) is 0 Å². The molecule has 3 N–H and O–H groups in total. The van der Waals surface area contributed by atoms with Gasteiger partial charge in [0.2, 0.25) is 0 Å². The second-order valence-electron chi connectivity index (χ2n) is 7.41. The molecule has 0 radical (unpaired) electrons. The molecule has 6 nitrogen and oxygen atoms in total. The largest absolute Gasteiger partial charge is 0.482 e. The zero-order chi connectivity index (χ0) is 22.1. The number of nitrogen functional groups attached to an aromatic ring is 1. The molecular formula is C21H21Cl2F2N5O. The van der Waals surface area contributed by atoms with E-state index in [1.54, 1.807) is 36.3 Å². The van der Waals surface area contributed by atoms with E-state index >= 15 is 0 Å². The number of pyridine rings is 1. The fourth-order valence-electron chi connectivity index (χ4n) is 3.65. The van der Waals surface area contributed by atoms with Crippen LogP contribution < -0.4 is 15.8 Å². The second kappa shape index (κ2) is 8.98. The molecule has 1 aliphatic heterocycles. The Morgan fingerprint density at radius 1 is 1.29 bits per heavy atom. The van der Waals surface area contributed by atoms with E-state index in [-0.39, 0.29) is 21.9 Å². The molecule has 1 fully saturated rings. The molecule has 1 unspecified atom stereocenters. The highest BCUT2D eigenvalue weighted by Crippen LogP contribution is 2.37. The van der Waals surface area contributed by atoms with Gasteiger partial charge in [-0.3, -0.25) is 4.68 Å². The molecule has 3 heterocycles. The number of alkyl halides is 1. The molecule has 2 aromatic heterocycles. The van der Waals surface area contributed by atoms with E-state index in [9.17, 15) is 8.78 Å². The molecule has 1 aromatic carbocycles. The number of aromatic nitrogens is 3. The molecule has 3 aromatic rings. The van der Waals surface area contributed by atoms with Crippen molar-refractivity contribution in [2.45, 2.75) is 31.7 Å². The fraction of sp³-hybridized carbons (Fsp3) is 0.333. The van der Waals surface area contributed by atoms with E-state index in [4.69, 9.17) is 33.7 Å². The number of ether oxygens (including phenoxy) is 1. The molecule has 4 rings (SSSR count).